The molecule has 1 fully saturated rings. The molecule has 0 radical (unpaired) electrons. The largest absolute Gasteiger partial charge is 0.399 e. The molecule has 0 bridgehead atoms. The third-order valence-electron chi connectivity index (χ3n) is 2.54. The second kappa shape index (κ2) is 3.73. The zero-order valence-electron chi connectivity index (χ0n) is 8.92. The molecule has 0 aliphatic carbocycles. The fourth-order valence-corrected chi connectivity index (χ4v) is 3.34. The van der Waals surface area contributed by atoms with Gasteiger partial charge in [-0.2, -0.15) is 4.31 Å². The van der Waals surface area contributed by atoms with Crippen LogP contribution in [0.15, 0.2) is 23.1 Å². The maximum Gasteiger partial charge on any atom is 0.243 e. The van der Waals surface area contributed by atoms with Gasteiger partial charge in [0.1, 0.15) is 0 Å². The summed E-state index contributed by atoms with van der Waals surface area (Å²) in [4.78, 5) is 0.192. The molecule has 6 heteroatoms. The number of aliphatic hydroxyl groups is 1. The molecule has 0 amide bonds. The highest BCUT2D eigenvalue weighted by Gasteiger charge is 2.35. The van der Waals surface area contributed by atoms with Gasteiger partial charge in [-0.3, -0.25) is 0 Å². The molecule has 0 unspecified atom stereocenters. The van der Waals surface area contributed by atoms with Crippen LogP contribution in [0.4, 0.5) is 5.69 Å². The van der Waals surface area contributed by atoms with E-state index in [1.807, 2.05) is 0 Å². The van der Waals surface area contributed by atoms with Crippen molar-refractivity contribution in [2.24, 2.45) is 0 Å². The number of aryl methyl sites for hydroxylation is 1. The molecule has 0 spiro atoms. The minimum Gasteiger partial charge on any atom is -0.399 e. The number of anilines is 1. The Morgan fingerprint density at radius 2 is 2.00 bits per heavy atom. The summed E-state index contributed by atoms with van der Waals surface area (Å²) in [5.41, 5.74) is 6.85. The van der Waals surface area contributed by atoms with Crippen LogP contribution in [0.3, 0.4) is 0 Å². The number of β-amino-alcohol motifs (C(OH)–C–C–N with tert-alkyl or cyclic N) is 1. The van der Waals surface area contributed by atoms with Crippen LogP contribution in [0, 0.1) is 6.92 Å². The quantitative estimate of drug-likeness (QED) is 0.712. The molecule has 5 nitrogen and oxygen atoms in total. The summed E-state index contributed by atoms with van der Waals surface area (Å²) >= 11 is 0. The number of aliphatic hydroxyl groups excluding tert-OH is 1. The minimum atomic E-state index is -3.49. The van der Waals surface area contributed by atoms with Gasteiger partial charge in [0.05, 0.1) is 11.0 Å². The van der Waals surface area contributed by atoms with Crippen molar-refractivity contribution >= 4 is 15.7 Å². The van der Waals surface area contributed by atoms with E-state index in [0.29, 0.717) is 5.69 Å². The molecular formula is C10H14N2O3S. The molecule has 3 N–H and O–H groups in total. The number of nitrogens with two attached hydrogens (primary N) is 1. The number of nitrogens with zero attached hydrogens (tertiary/aromatic N) is 1. The van der Waals surface area contributed by atoms with Crippen LogP contribution in [0.1, 0.15) is 5.56 Å². The second-order valence-corrected chi connectivity index (χ2v) is 5.99. The lowest BCUT2D eigenvalue weighted by Gasteiger charge is -2.34. The van der Waals surface area contributed by atoms with Gasteiger partial charge in [-0.15, -0.1) is 0 Å². The molecule has 1 heterocycles. The van der Waals surface area contributed by atoms with Gasteiger partial charge in [0.2, 0.25) is 10.0 Å². The van der Waals surface area contributed by atoms with E-state index in [0.717, 1.165) is 5.56 Å². The zero-order valence-corrected chi connectivity index (χ0v) is 9.74. The van der Waals surface area contributed by atoms with Crippen molar-refractivity contribution in [3.8, 4) is 0 Å². The predicted molar refractivity (Wildman–Crippen MR) is 60.4 cm³/mol. The van der Waals surface area contributed by atoms with E-state index in [-0.39, 0.29) is 18.0 Å². The Morgan fingerprint density at radius 3 is 2.50 bits per heavy atom. The molecule has 0 atom stereocenters. The van der Waals surface area contributed by atoms with Gasteiger partial charge >= 0.3 is 0 Å². The molecule has 1 saturated heterocycles. The summed E-state index contributed by atoms with van der Waals surface area (Å²) in [6.07, 6.45) is -0.545. The summed E-state index contributed by atoms with van der Waals surface area (Å²) in [6, 6.07) is 4.73. The van der Waals surface area contributed by atoms with Crippen molar-refractivity contribution in [1.82, 2.24) is 4.31 Å². The van der Waals surface area contributed by atoms with Gasteiger partial charge in [-0.1, -0.05) is 0 Å². The van der Waals surface area contributed by atoms with Crippen LogP contribution in [0.5, 0.6) is 0 Å². The molecule has 16 heavy (non-hydrogen) atoms. The van der Waals surface area contributed by atoms with Crippen molar-refractivity contribution in [2.45, 2.75) is 17.9 Å². The van der Waals surface area contributed by atoms with Gasteiger partial charge in [0, 0.05) is 18.8 Å². The smallest absolute Gasteiger partial charge is 0.243 e. The molecule has 0 aromatic heterocycles. The molecule has 1 aromatic carbocycles. The van der Waals surface area contributed by atoms with E-state index in [9.17, 15) is 8.42 Å². The normalized spacial score (nSPS) is 18.4. The topological polar surface area (TPSA) is 83.6 Å². The van der Waals surface area contributed by atoms with Crippen LogP contribution in [-0.2, 0) is 10.0 Å². The van der Waals surface area contributed by atoms with Gasteiger partial charge < -0.3 is 10.8 Å². The van der Waals surface area contributed by atoms with E-state index in [1.165, 1.54) is 10.4 Å². The number of benzene rings is 1. The number of sulfonamides is 1. The van der Waals surface area contributed by atoms with Gasteiger partial charge in [0.25, 0.3) is 0 Å². The predicted octanol–water partition coefficient (Wildman–Crippen LogP) is -0.0576. The first-order valence-corrected chi connectivity index (χ1v) is 6.39. The fourth-order valence-electron chi connectivity index (χ4n) is 1.69. The van der Waals surface area contributed by atoms with Gasteiger partial charge in [-0.25, -0.2) is 8.42 Å². The molecule has 2 rings (SSSR count). The minimum absolute atomic E-state index is 0.163. The van der Waals surface area contributed by atoms with E-state index >= 15 is 0 Å². The summed E-state index contributed by atoms with van der Waals surface area (Å²) in [6.45, 7) is 2.12. The maximum atomic E-state index is 12.0. The Labute approximate surface area is 94.5 Å². The van der Waals surface area contributed by atoms with Crippen LogP contribution in [0.2, 0.25) is 0 Å². The summed E-state index contributed by atoms with van der Waals surface area (Å²) in [5.74, 6) is 0. The van der Waals surface area contributed by atoms with E-state index in [2.05, 4.69) is 0 Å². The Kier molecular flexibility index (Phi) is 2.65. The number of hydrogen-bond acceptors (Lipinski definition) is 4. The molecule has 1 aromatic rings. The van der Waals surface area contributed by atoms with Crippen molar-refractivity contribution in [3.05, 3.63) is 23.8 Å². The number of hydrogen-bond donors (Lipinski definition) is 2. The number of nitrogen functional groups attached to an aromatic ring is 1. The lowest BCUT2D eigenvalue weighted by Crippen LogP contribution is -2.53. The second-order valence-electron chi connectivity index (χ2n) is 4.06. The standard InChI is InChI=1S/C10H14N2O3S/c1-7-2-8(11)4-10(3-7)16(14,15)12-5-9(13)6-12/h2-4,9,13H,5-6,11H2,1H3. The number of rotatable bonds is 2. The zero-order chi connectivity index (χ0) is 11.9. The van der Waals surface area contributed by atoms with Crippen molar-refractivity contribution in [1.29, 1.82) is 0 Å². The lowest BCUT2D eigenvalue weighted by molar-refractivity contribution is 0.0548. The monoisotopic (exact) mass is 242 g/mol. The van der Waals surface area contributed by atoms with Crippen LogP contribution >= 0.6 is 0 Å². The van der Waals surface area contributed by atoms with Crippen molar-refractivity contribution < 1.29 is 13.5 Å². The third kappa shape index (κ3) is 1.91. The van der Waals surface area contributed by atoms with Gasteiger partial charge in [-0.05, 0) is 30.7 Å². The Hall–Kier alpha value is -1.11. The summed E-state index contributed by atoms with van der Waals surface area (Å²) < 4.78 is 25.3. The first-order valence-electron chi connectivity index (χ1n) is 4.95. The molecule has 1 aliphatic heterocycles. The molecule has 88 valence electrons. The summed E-state index contributed by atoms with van der Waals surface area (Å²) in [5, 5.41) is 9.11. The Bertz CT molecular complexity index is 487. The highest BCUT2D eigenvalue weighted by molar-refractivity contribution is 7.89. The van der Waals surface area contributed by atoms with Crippen molar-refractivity contribution in [3.63, 3.8) is 0 Å². The third-order valence-corrected chi connectivity index (χ3v) is 4.35. The first kappa shape index (κ1) is 11.4. The first-order chi connectivity index (χ1) is 7.39. The highest BCUT2D eigenvalue weighted by atomic mass is 32.2. The average molecular weight is 242 g/mol. The molecule has 0 saturated carbocycles. The highest BCUT2D eigenvalue weighted by Crippen LogP contribution is 2.24. The van der Waals surface area contributed by atoms with E-state index in [1.54, 1.807) is 19.1 Å². The molecular weight excluding hydrogens is 228 g/mol. The van der Waals surface area contributed by atoms with Gasteiger partial charge in [0.15, 0.2) is 0 Å². The lowest BCUT2D eigenvalue weighted by atomic mass is 10.2. The van der Waals surface area contributed by atoms with Crippen LogP contribution in [0.25, 0.3) is 0 Å². The Balaban J connectivity index is 2.36. The fraction of sp³-hybridized carbons (Fsp3) is 0.400. The van der Waals surface area contributed by atoms with E-state index in [4.69, 9.17) is 10.8 Å². The van der Waals surface area contributed by atoms with Crippen LogP contribution in [-0.4, -0.2) is 37.0 Å². The van der Waals surface area contributed by atoms with Crippen molar-refractivity contribution in [2.75, 3.05) is 18.8 Å². The molecule has 1 aliphatic rings. The van der Waals surface area contributed by atoms with E-state index < -0.39 is 16.1 Å². The Morgan fingerprint density at radius 1 is 1.38 bits per heavy atom. The average Bonchev–Trinajstić information content (AvgIpc) is 2.11. The SMILES string of the molecule is Cc1cc(N)cc(S(=O)(=O)N2CC(O)C2)c1. The summed E-state index contributed by atoms with van der Waals surface area (Å²) in [7, 11) is -3.49. The maximum absolute atomic E-state index is 12.0. The van der Waals surface area contributed by atoms with Crippen LogP contribution < -0.4 is 5.73 Å².